The quantitative estimate of drug-likeness (QED) is 0.850. The number of carbonyl (C=O) groups is 1. The Hall–Kier alpha value is -1.34. The van der Waals surface area contributed by atoms with Crippen LogP contribution in [0.2, 0.25) is 0 Å². The number of aryl methyl sites for hydroxylation is 1. The fraction of sp³-hybridized carbons (Fsp3) is 0.750. The van der Waals surface area contributed by atoms with Crippen molar-refractivity contribution in [3.8, 4) is 0 Å². The van der Waals surface area contributed by atoms with Gasteiger partial charge in [0.05, 0.1) is 0 Å². The topological polar surface area (TPSA) is 71.4 Å². The van der Waals surface area contributed by atoms with E-state index >= 15 is 0 Å². The maximum absolute atomic E-state index is 13.0. The molecule has 0 spiro atoms. The van der Waals surface area contributed by atoms with E-state index in [1.165, 1.54) is 25.3 Å². The molecule has 1 amide bonds. The zero-order valence-electron chi connectivity index (χ0n) is 16.6. The minimum Gasteiger partial charge on any atom is -0.348 e. The maximum Gasteiger partial charge on any atom is 0.268 e. The lowest BCUT2D eigenvalue weighted by molar-refractivity contribution is 0.0922. The second kappa shape index (κ2) is 8.78. The molecule has 152 valence electrons. The summed E-state index contributed by atoms with van der Waals surface area (Å²) in [5.74, 6) is 0.205. The van der Waals surface area contributed by atoms with Crippen molar-refractivity contribution in [1.82, 2.24) is 14.2 Å². The third-order valence-electron chi connectivity index (χ3n) is 5.91. The molecule has 2 fully saturated rings. The molecule has 1 aliphatic carbocycles. The van der Waals surface area contributed by atoms with Gasteiger partial charge in [-0.05, 0) is 37.7 Å². The normalized spacial score (nSPS) is 23.6. The maximum atomic E-state index is 13.0. The molecule has 1 aromatic heterocycles. The molecular formula is C20H33N3O3S. The molecule has 0 unspecified atom stereocenters. The lowest BCUT2D eigenvalue weighted by atomic mass is 9.96. The van der Waals surface area contributed by atoms with Gasteiger partial charge in [-0.1, -0.05) is 39.0 Å². The number of nitrogens with one attached hydrogen (secondary N) is 1. The Bertz CT molecular complexity index is 749. The molecule has 2 aliphatic rings. The first-order valence-corrected chi connectivity index (χ1v) is 11.8. The predicted octanol–water partition coefficient (Wildman–Crippen LogP) is 3.29. The van der Waals surface area contributed by atoms with Crippen molar-refractivity contribution in [2.75, 3.05) is 13.1 Å². The predicted molar refractivity (Wildman–Crippen MR) is 106 cm³/mol. The standard InChI is InChI=1S/C20H33N3O3S/c1-16-9-8-12-23(14-16)27(25,26)18-13-19(22(2)15-18)20(24)21-17-10-6-4-3-5-7-11-17/h13,15-17H,3-12,14H2,1-2H3,(H,21,24)/t16-/m0/s1. The summed E-state index contributed by atoms with van der Waals surface area (Å²) in [6, 6.07) is 1.73. The van der Waals surface area contributed by atoms with Gasteiger partial charge in [0.15, 0.2) is 0 Å². The number of carbonyl (C=O) groups excluding carboxylic acids is 1. The molecule has 0 aromatic carbocycles. The fourth-order valence-corrected chi connectivity index (χ4v) is 5.94. The highest BCUT2D eigenvalue weighted by Gasteiger charge is 2.30. The van der Waals surface area contributed by atoms with Gasteiger partial charge in [0.1, 0.15) is 10.6 Å². The van der Waals surface area contributed by atoms with Crippen molar-refractivity contribution >= 4 is 15.9 Å². The summed E-state index contributed by atoms with van der Waals surface area (Å²) in [5.41, 5.74) is 0.417. The van der Waals surface area contributed by atoms with Crippen LogP contribution in [-0.2, 0) is 17.1 Å². The summed E-state index contributed by atoms with van der Waals surface area (Å²) in [7, 11) is -1.80. The van der Waals surface area contributed by atoms with Gasteiger partial charge in [-0.3, -0.25) is 4.79 Å². The second-order valence-electron chi connectivity index (χ2n) is 8.30. The smallest absolute Gasteiger partial charge is 0.268 e. The Kier molecular flexibility index (Phi) is 6.63. The van der Waals surface area contributed by atoms with E-state index in [1.807, 2.05) is 0 Å². The summed E-state index contributed by atoms with van der Waals surface area (Å²) >= 11 is 0. The molecule has 27 heavy (non-hydrogen) atoms. The van der Waals surface area contributed by atoms with Gasteiger partial charge >= 0.3 is 0 Å². The number of rotatable bonds is 4. The Morgan fingerprint density at radius 3 is 2.41 bits per heavy atom. The first kappa shape index (κ1) is 20.4. The van der Waals surface area contributed by atoms with Crippen molar-refractivity contribution in [3.63, 3.8) is 0 Å². The van der Waals surface area contributed by atoms with Crippen LogP contribution in [0.4, 0.5) is 0 Å². The van der Waals surface area contributed by atoms with Crippen LogP contribution in [0.3, 0.4) is 0 Å². The number of hydrogen-bond acceptors (Lipinski definition) is 3. The Labute approximate surface area is 163 Å². The molecule has 1 N–H and O–H groups in total. The summed E-state index contributed by atoms with van der Waals surface area (Å²) in [6.07, 6.45) is 11.6. The van der Waals surface area contributed by atoms with Gasteiger partial charge in [-0.15, -0.1) is 0 Å². The number of aromatic nitrogens is 1. The molecule has 1 saturated heterocycles. The van der Waals surface area contributed by atoms with E-state index in [2.05, 4.69) is 12.2 Å². The Morgan fingerprint density at radius 2 is 1.74 bits per heavy atom. The van der Waals surface area contributed by atoms with Crippen LogP contribution >= 0.6 is 0 Å². The van der Waals surface area contributed by atoms with Crippen molar-refractivity contribution in [2.45, 2.75) is 75.6 Å². The average molecular weight is 396 g/mol. The van der Waals surface area contributed by atoms with Crippen LogP contribution in [0.15, 0.2) is 17.2 Å². The van der Waals surface area contributed by atoms with Gasteiger partial charge in [0.2, 0.25) is 10.0 Å². The van der Waals surface area contributed by atoms with Crippen LogP contribution in [-0.4, -0.2) is 42.3 Å². The fourth-order valence-electron chi connectivity index (χ4n) is 4.27. The summed E-state index contributed by atoms with van der Waals surface area (Å²) in [5, 5.41) is 3.13. The minimum atomic E-state index is -3.54. The van der Waals surface area contributed by atoms with Crippen molar-refractivity contribution in [2.24, 2.45) is 13.0 Å². The zero-order chi connectivity index (χ0) is 19.4. The molecule has 6 nitrogen and oxygen atoms in total. The van der Waals surface area contributed by atoms with Crippen molar-refractivity contribution in [3.05, 3.63) is 18.0 Å². The van der Waals surface area contributed by atoms with Crippen LogP contribution in [0.5, 0.6) is 0 Å². The first-order valence-electron chi connectivity index (χ1n) is 10.4. The van der Waals surface area contributed by atoms with E-state index in [0.29, 0.717) is 24.7 Å². The van der Waals surface area contributed by atoms with Crippen LogP contribution in [0, 0.1) is 5.92 Å². The van der Waals surface area contributed by atoms with Crippen molar-refractivity contribution in [1.29, 1.82) is 0 Å². The summed E-state index contributed by atoms with van der Waals surface area (Å²) in [6.45, 7) is 3.20. The van der Waals surface area contributed by atoms with Crippen molar-refractivity contribution < 1.29 is 13.2 Å². The SMILES string of the molecule is C[C@H]1CCCN(S(=O)(=O)c2cc(C(=O)NC3CCCCCCC3)n(C)c2)C1. The van der Waals surface area contributed by atoms with E-state index < -0.39 is 10.0 Å². The lowest BCUT2D eigenvalue weighted by Crippen LogP contribution is -2.39. The van der Waals surface area contributed by atoms with E-state index in [4.69, 9.17) is 0 Å². The molecule has 1 atom stereocenters. The number of sulfonamides is 1. The number of nitrogens with zero attached hydrogens (tertiary/aromatic N) is 2. The number of piperidine rings is 1. The molecule has 0 radical (unpaired) electrons. The number of amides is 1. The van der Waals surface area contributed by atoms with Gasteiger partial charge in [-0.25, -0.2) is 8.42 Å². The molecule has 1 saturated carbocycles. The zero-order valence-corrected chi connectivity index (χ0v) is 17.4. The Morgan fingerprint density at radius 1 is 1.07 bits per heavy atom. The summed E-state index contributed by atoms with van der Waals surface area (Å²) < 4.78 is 29.2. The third kappa shape index (κ3) is 4.93. The van der Waals surface area contributed by atoms with Gasteiger partial charge in [0.25, 0.3) is 5.91 Å². The highest BCUT2D eigenvalue weighted by molar-refractivity contribution is 7.89. The summed E-state index contributed by atoms with van der Waals surface area (Å²) in [4.78, 5) is 13.0. The molecule has 1 aliphatic heterocycles. The minimum absolute atomic E-state index is 0.170. The largest absolute Gasteiger partial charge is 0.348 e. The van der Waals surface area contributed by atoms with Crippen LogP contribution < -0.4 is 5.32 Å². The monoisotopic (exact) mass is 395 g/mol. The average Bonchev–Trinajstić information content (AvgIpc) is 3.00. The van der Waals surface area contributed by atoms with E-state index in [-0.39, 0.29) is 16.8 Å². The molecule has 0 bridgehead atoms. The first-order chi connectivity index (χ1) is 12.9. The molecule has 2 heterocycles. The molecule has 7 heteroatoms. The molecule has 1 aromatic rings. The molecular weight excluding hydrogens is 362 g/mol. The lowest BCUT2D eigenvalue weighted by Gasteiger charge is -2.29. The number of hydrogen-bond donors (Lipinski definition) is 1. The van der Waals surface area contributed by atoms with Crippen LogP contribution in [0.25, 0.3) is 0 Å². The van der Waals surface area contributed by atoms with Gasteiger partial charge in [0, 0.05) is 32.4 Å². The second-order valence-corrected chi connectivity index (χ2v) is 10.2. The Balaban J connectivity index is 1.72. The van der Waals surface area contributed by atoms with Crippen LogP contribution in [0.1, 0.15) is 75.2 Å². The van der Waals surface area contributed by atoms with E-state index in [0.717, 1.165) is 38.5 Å². The van der Waals surface area contributed by atoms with E-state index in [9.17, 15) is 13.2 Å². The molecule has 3 rings (SSSR count). The highest BCUT2D eigenvalue weighted by Crippen LogP contribution is 2.25. The van der Waals surface area contributed by atoms with Gasteiger partial charge < -0.3 is 9.88 Å². The third-order valence-corrected chi connectivity index (χ3v) is 7.74. The van der Waals surface area contributed by atoms with Gasteiger partial charge in [-0.2, -0.15) is 4.31 Å². The van der Waals surface area contributed by atoms with E-state index in [1.54, 1.807) is 22.1 Å². The highest BCUT2D eigenvalue weighted by atomic mass is 32.2.